The number of carbonyl (C=O) groups is 2. The Balaban J connectivity index is 2.85. The summed E-state index contributed by atoms with van der Waals surface area (Å²) in [7, 11) is 0. The Kier molecular flexibility index (Phi) is 4.52. The van der Waals surface area contributed by atoms with Gasteiger partial charge in [-0.05, 0) is 18.1 Å². The predicted octanol–water partition coefficient (Wildman–Crippen LogP) is 2.18. The summed E-state index contributed by atoms with van der Waals surface area (Å²) >= 11 is 5.85. The van der Waals surface area contributed by atoms with E-state index in [0.29, 0.717) is 5.02 Å². The maximum absolute atomic E-state index is 11.8. The molecule has 0 aliphatic rings. The third kappa shape index (κ3) is 3.46. The second-order valence-electron chi connectivity index (χ2n) is 4.01. The highest BCUT2D eigenvalue weighted by molar-refractivity contribution is 6.33. The van der Waals surface area contributed by atoms with Crippen LogP contribution in [0, 0.1) is 5.92 Å². The number of aliphatic carboxylic acids is 1. The summed E-state index contributed by atoms with van der Waals surface area (Å²) in [6, 6.07) is 5.60. The molecule has 0 saturated heterocycles. The summed E-state index contributed by atoms with van der Waals surface area (Å²) in [5.41, 5.74) is 0.279. The molecule has 0 fully saturated rings. The van der Waals surface area contributed by atoms with Crippen LogP contribution in [-0.4, -0.2) is 23.0 Å². The fraction of sp³-hybridized carbons (Fsp3) is 0.333. The van der Waals surface area contributed by atoms with Gasteiger partial charge in [-0.3, -0.25) is 4.79 Å². The molecule has 1 rings (SSSR count). The number of halogens is 1. The van der Waals surface area contributed by atoms with Gasteiger partial charge in [0.25, 0.3) is 5.91 Å². The Labute approximate surface area is 105 Å². The Bertz CT molecular complexity index is 432. The quantitative estimate of drug-likeness (QED) is 0.867. The van der Waals surface area contributed by atoms with Crippen molar-refractivity contribution in [3.8, 4) is 0 Å². The van der Waals surface area contributed by atoms with Crippen LogP contribution < -0.4 is 5.32 Å². The molecule has 1 aromatic rings. The molecule has 0 radical (unpaired) electrons. The third-order valence-corrected chi connectivity index (χ3v) is 2.67. The highest BCUT2D eigenvalue weighted by Crippen LogP contribution is 2.15. The fourth-order valence-electron chi connectivity index (χ4n) is 1.38. The van der Waals surface area contributed by atoms with E-state index >= 15 is 0 Å². The van der Waals surface area contributed by atoms with Gasteiger partial charge >= 0.3 is 5.97 Å². The minimum Gasteiger partial charge on any atom is -0.480 e. The summed E-state index contributed by atoms with van der Waals surface area (Å²) in [5, 5.41) is 11.7. The van der Waals surface area contributed by atoms with Crippen LogP contribution in [0.15, 0.2) is 24.3 Å². The number of carboxylic acids is 1. The largest absolute Gasteiger partial charge is 0.480 e. The van der Waals surface area contributed by atoms with Crippen LogP contribution in [0.5, 0.6) is 0 Å². The van der Waals surface area contributed by atoms with Crippen LogP contribution in [0.25, 0.3) is 0 Å². The van der Waals surface area contributed by atoms with Crippen molar-refractivity contribution >= 4 is 23.5 Å². The van der Waals surface area contributed by atoms with Crippen molar-refractivity contribution in [1.29, 1.82) is 0 Å². The van der Waals surface area contributed by atoms with Crippen molar-refractivity contribution in [2.24, 2.45) is 5.92 Å². The van der Waals surface area contributed by atoms with Crippen LogP contribution in [0.4, 0.5) is 0 Å². The van der Waals surface area contributed by atoms with Gasteiger partial charge in [-0.15, -0.1) is 0 Å². The monoisotopic (exact) mass is 255 g/mol. The van der Waals surface area contributed by atoms with Crippen molar-refractivity contribution in [2.45, 2.75) is 19.9 Å². The van der Waals surface area contributed by atoms with Crippen molar-refractivity contribution in [3.63, 3.8) is 0 Å². The zero-order chi connectivity index (χ0) is 13.0. The van der Waals surface area contributed by atoms with Gasteiger partial charge in [0.05, 0.1) is 10.6 Å². The van der Waals surface area contributed by atoms with Crippen LogP contribution in [0.1, 0.15) is 24.2 Å². The maximum Gasteiger partial charge on any atom is 0.326 e. The van der Waals surface area contributed by atoms with Crippen molar-refractivity contribution in [3.05, 3.63) is 34.9 Å². The van der Waals surface area contributed by atoms with Gasteiger partial charge in [0.1, 0.15) is 6.04 Å². The molecule has 0 saturated carbocycles. The lowest BCUT2D eigenvalue weighted by Gasteiger charge is -2.18. The average molecular weight is 256 g/mol. The van der Waals surface area contributed by atoms with Gasteiger partial charge < -0.3 is 10.4 Å². The number of amides is 1. The van der Waals surface area contributed by atoms with Gasteiger partial charge in [-0.1, -0.05) is 37.6 Å². The van der Waals surface area contributed by atoms with Gasteiger partial charge in [-0.2, -0.15) is 0 Å². The van der Waals surface area contributed by atoms with Gasteiger partial charge in [0.2, 0.25) is 0 Å². The molecule has 2 N–H and O–H groups in total. The Hall–Kier alpha value is -1.55. The number of hydrogen-bond donors (Lipinski definition) is 2. The first-order valence-electron chi connectivity index (χ1n) is 5.21. The lowest BCUT2D eigenvalue weighted by atomic mass is 10.0. The number of benzene rings is 1. The zero-order valence-electron chi connectivity index (χ0n) is 9.61. The number of hydrogen-bond acceptors (Lipinski definition) is 2. The molecule has 17 heavy (non-hydrogen) atoms. The third-order valence-electron chi connectivity index (χ3n) is 2.34. The van der Waals surface area contributed by atoms with Crippen LogP contribution in [0.2, 0.25) is 5.02 Å². The molecule has 1 unspecified atom stereocenters. The molecule has 5 heteroatoms. The first-order valence-corrected chi connectivity index (χ1v) is 5.59. The SMILES string of the molecule is CC(C)C(NC(=O)c1ccccc1Cl)C(=O)O. The first-order chi connectivity index (χ1) is 7.93. The number of nitrogens with one attached hydrogen (secondary N) is 1. The lowest BCUT2D eigenvalue weighted by molar-refractivity contribution is -0.140. The Morgan fingerprint density at radius 1 is 1.29 bits per heavy atom. The number of rotatable bonds is 4. The highest BCUT2D eigenvalue weighted by Gasteiger charge is 2.24. The molecular formula is C12H14ClNO3. The van der Waals surface area contributed by atoms with E-state index in [1.807, 2.05) is 0 Å². The smallest absolute Gasteiger partial charge is 0.326 e. The summed E-state index contributed by atoms with van der Waals surface area (Å²) in [5.74, 6) is -1.73. The molecular weight excluding hydrogens is 242 g/mol. The van der Waals surface area contributed by atoms with E-state index in [4.69, 9.17) is 16.7 Å². The molecule has 0 aromatic heterocycles. The number of carboxylic acid groups (broad SMARTS) is 1. The summed E-state index contributed by atoms with van der Waals surface area (Å²) < 4.78 is 0. The molecule has 0 heterocycles. The number of carbonyl (C=O) groups excluding carboxylic acids is 1. The molecule has 1 aromatic carbocycles. The van der Waals surface area contributed by atoms with Crippen molar-refractivity contribution in [2.75, 3.05) is 0 Å². The molecule has 0 aliphatic carbocycles. The minimum absolute atomic E-state index is 0.195. The second kappa shape index (κ2) is 5.68. The Morgan fingerprint density at radius 2 is 1.88 bits per heavy atom. The van der Waals surface area contributed by atoms with Gasteiger partial charge in [0, 0.05) is 0 Å². The summed E-state index contributed by atoms with van der Waals surface area (Å²) in [6.07, 6.45) is 0. The molecule has 0 aliphatic heterocycles. The topological polar surface area (TPSA) is 66.4 Å². The van der Waals surface area contributed by atoms with Crippen LogP contribution in [-0.2, 0) is 4.79 Å². The van der Waals surface area contributed by atoms with Crippen LogP contribution in [0.3, 0.4) is 0 Å². The standard InChI is InChI=1S/C12H14ClNO3/c1-7(2)10(12(16)17)14-11(15)8-5-3-4-6-9(8)13/h3-7,10H,1-2H3,(H,14,15)(H,16,17). The van der Waals surface area contributed by atoms with E-state index in [9.17, 15) is 9.59 Å². The zero-order valence-corrected chi connectivity index (χ0v) is 10.4. The molecule has 0 spiro atoms. The van der Waals surface area contributed by atoms with Gasteiger partial charge in [0.15, 0.2) is 0 Å². The van der Waals surface area contributed by atoms with E-state index in [1.54, 1.807) is 38.1 Å². The maximum atomic E-state index is 11.8. The van der Waals surface area contributed by atoms with E-state index < -0.39 is 17.9 Å². The molecule has 4 nitrogen and oxygen atoms in total. The molecule has 1 atom stereocenters. The fourth-order valence-corrected chi connectivity index (χ4v) is 1.60. The lowest BCUT2D eigenvalue weighted by Crippen LogP contribution is -2.44. The minimum atomic E-state index is -1.06. The predicted molar refractivity (Wildman–Crippen MR) is 65.2 cm³/mol. The molecule has 1 amide bonds. The Morgan fingerprint density at radius 3 is 2.35 bits per heavy atom. The van der Waals surface area contributed by atoms with E-state index in [1.165, 1.54) is 0 Å². The molecule has 92 valence electrons. The highest BCUT2D eigenvalue weighted by atomic mass is 35.5. The van der Waals surface area contributed by atoms with Crippen LogP contribution >= 0.6 is 11.6 Å². The van der Waals surface area contributed by atoms with E-state index in [0.717, 1.165) is 0 Å². The van der Waals surface area contributed by atoms with Gasteiger partial charge in [-0.25, -0.2) is 4.79 Å². The second-order valence-corrected chi connectivity index (χ2v) is 4.42. The molecule has 0 bridgehead atoms. The summed E-state index contributed by atoms with van der Waals surface area (Å²) in [6.45, 7) is 3.46. The average Bonchev–Trinajstić information content (AvgIpc) is 2.25. The van der Waals surface area contributed by atoms with Crippen molar-refractivity contribution in [1.82, 2.24) is 5.32 Å². The van der Waals surface area contributed by atoms with E-state index in [2.05, 4.69) is 5.32 Å². The summed E-state index contributed by atoms with van der Waals surface area (Å²) in [4.78, 5) is 22.8. The normalized spacial score (nSPS) is 12.2. The van der Waals surface area contributed by atoms with Crippen molar-refractivity contribution < 1.29 is 14.7 Å². The van der Waals surface area contributed by atoms with E-state index in [-0.39, 0.29) is 11.5 Å². The first kappa shape index (κ1) is 13.5.